The number of nitrogens with zero attached hydrogens (tertiary/aromatic N) is 2. The van der Waals surface area contributed by atoms with Gasteiger partial charge in [-0.2, -0.15) is 0 Å². The first kappa shape index (κ1) is 9.59. The lowest BCUT2D eigenvalue weighted by atomic mass is 10.1. The summed E-state index contributed by atoms with van der Waals surface area (Å²) in [6.07, 6.45) is 1.80. The van der Waals surface area contributed by atoms with Gasteiger partial charge in [-0.15, -0.1) is 0 Å². The Morgan fingerprint density at radius 1 is 1.56 bits per heavy atom. The number of aromatic nitrogens is 1. The molecule has 84 valence electrons. The zero-order valence-corrected chi connectivity index (χ0v) is 9.16. The zero-order valence-electron chi connectivity index (χ0n) is 9.16. The molecule has 5 nitrogen and oxygen atoms in total. The number of aryl methyl sites for hydroxylation is 1. The molecule has 3 rings (SSSR count). The maximum absolute atomic E-state index is 11.9. The van der Waals surface area contributed by atoms with Gasteiger partial charge in [0.25, 0.3) is 0 Å². The van der Waals surface area contributed by atoms with Crippen LogP contribution in [0.4, 0.5) is 11.5 Å². The SMILES string of the molecule is Cc1ccnc2c1NC(=O)C1CNCCN21. The number of hydrogen-bond acceptors (Lipinski definition) is 4. The average Bonchev–Trinajstić information content (AvgIpc) is 2.31. The van der Waals surface area contributed by atoms with Crippen molar-refractivity contribution >= 4 is 17.4 Å². The van der Waals surface area contributed by atoms with E-state index in [0.717, 1.165) is 30.2 Å². The Morgan fingerprint density at radius 3 is 3.31 bits per heavy atom. The van der Waals surface area contributed by atoms with Crippen LogP contribution in [0.1, 0.15) is 5.56 Å². The monoisotopic (exact) mass is 218 g/mol. The number of nitrogens with one attached hydrogen (secondary N) is 2. The fraction of sp³-hybridized carbons (Fsp3) is 0.455. The van der Waals surface area contributed by atoms with Crippen LogP contribution in [0.5, 0.6) is 0 Å². The summed E-state index contributed by atoms with van der Waals surface area (Å²) < 4.78 is 0. The summed E-state index contributed by atoms with van der Waals surface area (Å²) in [7, 11) is 0. The fourth-order valence-electron chi connectivity index (χ4n) is 2.31. The highest BCUT2D eigenvalue weighted by Crippen LogP contribution is 2.32. The Kier molecular flexibility index (Phi) is 2.07. The second kappa shape index (κ2) is 3.45. The van der Waals surface area contributed by atoms with Gasteiger partial charge in [-0.1, -0.05) is 0 Å². The minimum absolute atomic E-state index is 0.0656. The quantitative estimate of drug-likeness (QED) is 0.649. The number of fused-ring (bicyclic) bond motifs is 3. The molecule has 1 fully saturated rings. The van der Waals surface area contributed by atoms with Gasteiger partial charge in [0.15, 0.2) is 5.82 Å². The van der Waals surface area contributed by atoms with E-state index in [2.05, 4.69) is 20.5 Å². The lowest BCUT2D eigenvalue weighted by molar-refractivity contribution is -0.117. The lowest BCUT2D eigenvalue weighted by Crippen LogP contribution is -2.59. The number of piperazine rings is 1. The van der Waals surface area contributed by atoms with Crippen molar-refractivity contribution in [2.45, 2.75) is 13.0 Å². The van der Waals surface area contributed by atoms with Crippen molar-refractivity contribution in [2.75, 3.05) is 29.9 Å². The first-order chi connectivity index (χ1) is 7.77. The Labute approximate surface area is 93.9 Å². The predicted molar refractivity (Wildman–Crippen MR) is 61.6 cm³/mol. The molecular weight excluding hydrogens is 204 g/mol. The maximum Gasteiger partial charge on any atom is 0.248 e. The summed E-state index contributed by atoms with van der Waals surface area (Å²) in [5.74, 6) is 0.974. The third kappa shape index (κ3) is 1.28. The standard InChI is InChI=1S/C11H14N4O/c1-7-2-3-13-10-9(7)14-11(16)8-6-12-4-5-15(8)10/h2-3,8,12H,4-6H2,1H3,(H,14,16). The number of amides is 1. The van der Waals surface area contributed by atoms with Crippen molar-refractivity contribution in [1.29, 1.82) is 0 Å². The van der Waals surface area contributed by atoms with E-state index in [-0.39, 0.29) is 11.9 Å². The molecule has 5 heteroatoms. The Morgan fingerprint density at radius 2 is 2.44 bits per heavy atom. The second-order valence-electron chi connectivity index (χ2n) is 4.23. The van der Waals surface area contributed by atoms with Gasteiger partial charge in [-0.3, -0.25) is 4.79 Å². The molecule has 0 aromatic carbocycles. The Bertz CT molecular complexity index is 446. The molecule has 16 heavy (non-hydrogen) atoms. The van der Waals surface area contributed by atoms with Crippen LogP contribution < -0.4 is 15.5 Å². The third-order valence-electron chi connectivity index (χ3n) is 3.21. The van der Waals surface area contributed by atoms with E-state index < -0.39 is 0 Å². The smallest absolute Gasteiger partial charge is 0.248 e. The molecule has 1 unspecified atom stereocenters. The van der Waals surface area contributed by atoms with Crippen LogP contribution >= 0.6 is 0 Å². The van der Waals surface area contributed by atoms with E-state index in [4.69, 9.17) is 0 Å². The molecule has 2 aliphatic rings. The number of pyridine rings is 1. The molecule has 1 amide bonds. The van der Waals surface area contributed by atoms with Gasteiger partial charge in [-0.25, -0.2) is 4.98 Å². The van der Waals surface area contributed by atoms with Gasteiger partial charge in [-0.05, 0) is 18.6 Å². The van der Waals surface area contributed by atoms with Gasteiger partial charge < -0.3 is 15.5 Å². The summed E-state index contributed by atoms with van der Waals surface area (Å²) in [4.78, 5) is 18.4. The first-order valence-corrected chi connectivity index (χ1v) is 5.51. The maximum atomic E-state index is 11.9. The first-order valence-electron chi connectivity index (χ1n) is 5.51. The van der Waals surface area contributed by atoms with Crippen LogP contribution in [0.2, 0.25) is 0 Å². The van der Waals surface area contributed by atoms with Crippen molar-refractivity contribution in [3.63, 3.8) is 0 Å². The minimum atomic E-state index is -0.115. The van der Waals surface area contributed by atoms with Gasteiger partial charge in [0, 0.05) is 25.8 Å². The number of rotatable bonds is 0. The fourth-order valence-corrected chi connectivity index (χ4v) is 2.31. The second-order valence-corrected chi connectivity index (χ2v) is 4.23. The van der Waals surface area contributed by atoms with Crippen molar-refractivity contribution in [3.05, 3.63) is 17.8 Å². The number of carbonyl (C=O) groups excluding carboxylic acids is 1. The zero-order chi connectivity index (χ0) is 11.1. The third-order valence-corrected chi connectivity index (χ3v) is 3.21. The highest BCUT2D eigenvalue weighted by Gasteiger charge is 2.35. The number of anilines is 2. The molecule has 1 aromatic heterocycles. The highest BCUT2D eigenvalue weighted by molar-refractivity contribution is 6.03. The van der Waals surface area contributed by atoms with E-state index in [1.165, 1.54) is 0 Å². The van der Waals surface area contributed by atoms with E-state index in [1.807, 2.05) is 13.0 Å². The minimum Gasteiger partial charge on any atom is -0.340 e. The highest BCUT2D eigenvalue weighted by atomic mass is 16.2. The summed E-state index contributed by atoms with van der Waals surface area (Å²) in [5, 5.41) is 6.17. The van der Waals surface area contributed by atoms with Crippen LogP contribution in [0.25, 0.3) is 0 Å². The van der Waals surface area contributed by atoms with Crippen molar-refractivity contribution < 1.29 is 4.79 Å². The van der Waals surface area contributed by atoms with Crippen molar-refractivity contribution in [3.8, 4) is 0 Å². The van der Waals surface area contributed by atoms with E-state index >= 15 is 0 Å². The molecule has 1 atom stereocenters. The molecule has 1 aromatic rings. The molecule has 0 radical (unpaired) electrons. The molecule has 2 aliphatic heterocycles. The molecule has 0 spiro atoms. The van der Waals surface area contributed by atoms with Gasteiger partial charge >= 0.3 is 0 Å². The van der Waals surface area contributed by atoms with Crippen LogP contribution in [0, 0.1) is 6.92 Å². The van der Waals surface area contributed by atoms with Crippen LogP contribution in [-0.2, 0) is 4.79 Å². The van der Waals surface area contributed by atoms with Crippen molar-refractivity contribution in [1.82, 2.24) is 10.3 Å². The van der Waals surface area contributed by atoms with Gasteiger partial charge in [0.1, 0.15) is 6.04 Å². The number of carbonyl (C=O) groups is 1. The van der Waals surface area contributed by atoms with Crippen LogP contribution in [0.15, 0.2) is 12.3 Å². The summed E-state index contributed by atoms with van der Waals surface area (Å²) >= 11 is 0. The van der Waals surface area contributed by atoms with Crippen LogP contribution in [0.3, 0.4) is 0 Å². The van der Waals surface area contributed by atoms with E-state index in [0.29, 0.717) is 6.54 Å². The van der Waals surface area contributed by atoms with E-state index in [9.17, 15) is 4.79 Å². The molecule has 3 heterocycles. The summed E-state index contributed by atoms with van der Waals surface area (Å²) in [6, 6.07) is 1.80. The molecule has 0 saturated carbocycles. The Hall–Kier alpha value is -1.62. The topological polar surface area (TPSA) is 57.3 Å². The van der Waals surface area contributed by atoms with Crippen LogP contribution in [-0.4, -0.2) is 36.6 Å². The molecular formula is C11H14N4O. The summed E-state index contributed by atoms with van der Waals surface area (Å²) in [5.41, 5.74) is 1.93. The predicted octanol–water partition coefficient (Wildman–Crippen LogP) is 0.120. The normalized spacial score (nSPS) is 23.4. The Balaban J connectivity index is 2.10. The van der Waals surface area contributed by atoms with Gasteiger partial charge in [0.05, 0.1) is 5.69 Å². The van der Waals surface area contributed by atoms with Gasteiger partial charge in [0.2, 0.25) is 5.91 Å². The van der Waals surface area contributed by atoms with Crippen molar-refractivity contribution in [2.24, 2.45) is 0 Å². The van der Waals surface area contributed by atoms with E-state index in [1.54, 1.807) is 6.20 Å². The molecule has 1 saturated heterocycles. The molecule has 0 bridgehead atoms. The molecule has 2 N–H and O–H groups in total. The largest absolute Gasteiger partial charge is 0.340 e. The lowest BCUT2D eigenvalue weighted by Gasteiger charge is -2.40. The average molecular weight is 218 g/mol. The summed E-state index contributed by atoms with van der Waals surface area (Å²) in [6.45, 7) is 4.42. The molecule has 0 aliphatic carbocycles. The number of hydrogen-bond donors (Lipinski definition) is 2.